The number of carbonyl (C=O) groups is 2. The van der Waals surface area contributed by atoms with E-state index in [4.69, 9.17) is 5.73 Å². The molecule has 2 amide bonds. The molecule has 0 saturated carbocycles. The van der Waals surface area contributed by atoms with E-state index in [1.54, 1.807) is 24.3 Å². The molecule has 2 rings (SSSR count). The van der Waals surface area contributed by atoms with Crippen LogP contribution in [0.1, 0.15) is 49.4 Å². The number of anilines is 1. The van der Waals surface area contributed by atoms with Crippen LogP contribution < -0.4 is 11.1 Å². The fourth-order valence-corrected chi connectivity index (χ4v) is 2.69. The third-order valence-electron chi connectivity index (χ3n) is 3.96. The van der Waals surface area contributed by atoms with E-state index < -0.39 is 6.04 Å². The van der Waals surface area contributed by atoms with Crippen molar-refractivity contribution in [1.29, 1.82) is 0 Å². The van der Waals surface area contributed by atoms with E-state index >= 15 is 0 Å². The molecule has 23 heavy (non-hydrogen) atoms. The molecule has 0 radical (unpaired) electrons. The number of hydrogen-bond donors (Lipinski definition) is 2. The molecule has 1 aromatic rings. The summed E-state index contributed by atoms with van der Waals surface area (Å²) in [6.45, 7) is 3.62. The average molecular weight is 340 g/mol. The van der Waals surface area contributed by atoms with Gasteiger partial charge in [-0.3, -0.25) is 9.59 Å². The summed E-state index contributed by atoms with van der Waals surface area (Å²) >= 11 is 0. The molecule has 0 aliphatic carbocycles. The third-order valence-corrected chi connectivity index (χ3v) is 3.96. The molecule has 1 atom stereocenters. The van der Waals surface area contributed by atoms with E-state index in [1.807, 2.05) is 11.8 Å². The van der Waals surface area contributed by atoms with Crippen molar-refractivity contribution in [2.45, 2.75) is 45.1 Å². The second kappa shape index (κ2) is 9.53. The van der Waals surface area contributed by atoms with Crippen molar-refractivity contribution in [3.8, 4) is 0 Å². The molecular weight excluding hydrogens is 314 g/mol. The van der Waals surface area contributed by atoms with Gasteiger partial charge in [0.15, 0.2) is 0 Å². The highest BCUT2D eigenvalue weighted by Gasteiger charge is 2.19. The van der Waals surface area contributed by atoms with Gasteiger partial charge in [-0.1, -0.05) is 19.4 Å². The van der Waals surface area contributed by atoms with E-state index in [9.17, 15) is 9.59 Å². The first kappa shape index (κ1) is 19.5. The minimum absolute atomic E-state index is 0. The van der Waals surface area contributed by atoms with Crippen LogP contribution >= 0.6 is 12.4 Å². The van der Waals surface area contributed by atoms with Crippen LogP contribution in [0, 0.1) is 0 Å². The molecule has 1 heterocycles. The van der Waals surface area contributed by atoms with Crippen LogP contribution in [0.3, 0.4) is 0 Å². The number of benzene rings is 1. The summed E-state index contributed by atoms with van der Waals surface area (Å²) in [5.74, 6) is -0.168. The van der Waals surface area contributed by atoms with Crippen molar-refractivity contribution in [3.05, 3.63) is 29.8 Å². The zero-order chi connectivity index (χ0) is 15.9. The maximum atomic E-state index is 12.5. The zero-order valence-corrected chi connectivity index (χ0v) is 14.4. The molecule has 1 aromatic carbocycles. The van der Waals surface area contributed by atoms with Crippen LogP contribution in [0.4, 0.5) is 5.69 Å². The number of likely N-dealkylation sites (tertiary alicyclic amines) is 1. The maximum absolute atomic E-state index is 12.5. The summed E-state index contributed by atoms with van der Waals surface area (Å²) < 4.78 is 0. The summed E-state index contributed by atoms with van der Waals surface area (Å²) in [7, 11) is 0. The van der Waals surface area contributed by atoms with Gasteiger partial charge >= 0.3 is 0 Å². The predicted molar refractivity (Wildman–Crippen MR) is 95.0 cm³/mol. The van der Waals surface area contributed by atoms with Gasteiger partial charge in [0.1, 0.15) is 0 Å². The summed E-state index contributed by atoms with van der Waals surface area (Å²) in [4.78, 5) is 26.3. The third kappa shape index (κ3) is 5.52. The van der Waals surface area contributed by atoms with Crippen molar-refractivity contribution in [3.63, 3.8) is 0 Å². The maximum Gasteiger partial charge on any atom is 0.253 e. The van der Waals surface area contributed by atoms with E-state index in [0.29, 0.717) is 17.7 Å². The van der Waals surface area contributed by atoms with Crippen LogP contribution in [0.5, 0.6) is 0 Å². The Kier molecular flexibility index (Phi) is 8.06. The SMILES string of the molecule is CCCC(N)C(=O)Nc1cccc(C(=O)N2CCCCC2)c1.Cl. The highest BCUT2D eigenvalue weighted by atomic mass is 35.5. The molecule has 1 aliphatic heterocycles. The monoisotopic (exact) mass is 339 g/mol. The molecule has 128 valence electrons. The van der Waals surface area contributed by atoms with E-state index in [2.05, 4.69) is 5.32 Å². The Balaban J connectivity index is 0.00000264. The number of rotatable bonds is 5. The molecule has 0 spiro atoms. The number of carbonyl (C=O) groups excluding carboxylic acids is 2. The van der Waals surface area contributed by atoms with Gasteiger partial charge in [0, 0.05) is 24.3 Å². The lowest BCUT2D eigenvalue weighted by molar-refractivity contribution is -0.117. The van der Waals surface area contributed by atoms with E-state index in [1.165, 1.54) is 6.42 Å². The molecule has 3 N–H and O–H groups in total. The van der Waals surface area contributed by atoms with Gasteiger partial charge in [-0.05, 0) is 43.9 Å². The number of hydrogen-bond acceptors (Lipinski definition) is 3. The summed E-state index contributed by atoms with van der Waals surface area (Å²) in [5.41, 5.74) is 7.04. The van der Waals surface area contributed by atoms with E-state index in [-0.39, 0.29) is 24.2 Å². The number of nitrogens with two attached hydrogens (primary N) is 1. The number of piperidine rings is 1. The lowest BCUT2D eigenvalue weighted by Crippen LogP contribution is -2.36. The van der Waals surface area contributed by atoms with Crippen LogP contribution in [0.25, 0.3) is 0 Å². The first-order chi connectivity index (χ1) is 10.6. The average Bonchev–Trinajstić information content (AvgIpc) is 2.55. The van der Waals surface area contributed by atoms with Gasteiger partial charge in [-0.2, -0.15) is 0 Å². The molecule has 5 nitrogen and oxygen atoms in total. The van der Waals surface area contributed by atoms with Gasteiger partial charge < -0.3 is 16.0 Å². The molecule has 1 aliphatic rings. The van der Waals surface area contributed by atoms with E-state index in [0.717, 1.165) is 32.4 Å². The Morgan fingerprint density at radius 2 is 1.96 bits per heavy atom. The molecule has 0 aromatic heterocycles. The Labute approximate surface area is 144 Å². The van der Waals surface area contributed by atoms with Crippen LogP contribution in [0.15, 0.2) is 24.3 Å². The quantitative estimate of drug-likeness (QED) is 0.866. The number of amides is 2. The molecule has 1 fully saturated rings. The summed E-state index contributed by atoms with van der Waals surface area (Å²) in [5, 5.41) is 2.79. The molecular formula is C17H26ClN3O2. The van der Waals surface area contributed by atoms with Crippen LogP contribution in [-0.2, 0) is 4.79 Å². The smallest absolute Gasteiger partial charge is 0.253 e. The Hall–Kier alpha value is -1.59. The fraction of sp³-hybridized carbons (Fsp3) is 0.529. The summed E-state index contributed by atoms with van der Waals surface area (Å²) in [6, 6.07) is 6.58. The highest BCUT2D eigenvalue weighted by molar-refractivity contribution is 5.98. The zero-order valence-electron chi connectivity index (χ0n) is 13.6. The lowest BCUT2D eigenvalue weighted by Gasteiger charge is -2.26. The lowest BCUT2D eigenvalue weighted by atomic mass is 10.1. The van der Waals surface area contributed by atoms with Gasteiger partial charge in [0.25, 0.3) is 5.91 Å². The topological polar surface area (TPSA) is 75.4 Å². The summed E-state index contributed by atoms with van der Waals surface area (Å²) in [6.07, 6.45) is 4.83. The van der Waals surface area contributed by atoms with Gasteiger partial charge in [0.2, 0.25) is 5.91 Å². The first-order valence-electron chi connectivity index (χ1n) is 8.07. The van der Waals surface area contributed by atoms with Gasteiger partial charge in [0.05, 0.1) is 6.04 Å². The molecule has 6 heteroatoms. The highest BCUT2D eigenvalue weighted by Crippen LogP contribution is 2.16. The fourth-order valence-electron chi connectivity index (χ4n) is 2.69. The number of nitrogens with zero attached hydrogens (tertiary/aromatic N) is 1. The van der Waals surface area contributed by atoms with Crippen molar-refractivity contribution < 1.29 is 9.59 Å². The largest absolute Gasteiger partial charge is 0.339 e. The Bertz CT molecular complexity index is 530. The number of halogens is 1. The van der Waals surface area contributed by atoms with Crippen LogP contribution in [0.2, 0.25) is 0 Å². The van der Waals surface area contributed by atoms with Gasteiger partial charge in [-0.25, -0.2) is 0 Å². The van der Waals surface area contributed by atoms with Crippen molar-refractivity contribution in [1.82, 2.24) is 4.90 Å². The van der Waals surface area contributed by atoms with Crippen LogP contribution in [-0.4, -0.2) is 35.8 Å². The normalized spacial score (nSPS) is 15.5. The Morgan fingerprint density at radius 3 is 2.61 bits per heavy atom. The second-order valence-corrected chi connectivity index (χ2v) is 5.82. The second-order valence-electron chi connectivity index (χ2n) is 5.82. The van der Waals surface area contributed by atoms with Crippen molar-refractivity contribution in [2.75, 3.05) is 18.4 Å². The van der Waals surface area contributed by atoms with Crippen molar-refractivity contribution in [2.24, 2.45) is 5.73 Å². The van der Waals surface area contributed by atoms with Gasteiger partial charge in [-0.15, -0.1) is 12.4 Å². The first-order valence-corrected chi connectivity index (χ1v) is 8.07. The Morgan fingerprint density at radius 1 is 1.26 bits per heavy atom. The molecule has 0 bridgehead atoms. The van der Waals surface area contributed by atoms with Crippen molar-refractivity contribution >= 4 is 29.9 Å². The molecule has 1 saturated heterocycles. The predicted octanol–water partition coefficient (Wildman–Crippen LogP) is 2.80. The molecule has 1 unspecified atom stereocenters. The minimum Gasteiger partial charge on any atom is -0.339 e. The standard InChI is InChI=1S/C17H25N3O2.ClH/c1-2-7-15(18)16(21)19-14-9-6-8-13(12-14)17(22)20-10-4-3-5-11-20;/h6,8-9,12,15H,2-5,7,10-11,18H2,1H3,(H,19,21);1H. The number of nitrogens with one attached hydrogen (secondary N) is 1. The minimum atomic E-state index is -0.508.